The van der Waals surface area contributed by atoms with Crippen molar-refractivity contribution in [3.05, 3.63) is 91.9 Å². The maximum Gasteiger partial charge on any atom is 0.262 e. The lowest BCUT2D eigenvalue weighted by atomic mass is 10.0. The van der Waals surface area contributed by atoms with Crippen molar-refractivity contribution in [3.8, 4) is 11.5 Å². The number of benzene rings is 3. The van der Waals surface area contributed by atoms with Gasteiger partial charge < -0.3 is 14.8 Å². The molecule has 3 aromatic carbocycles. The first-order valence-electron chi connectivity index (χ1n) is 11.3. The van der Waals surface area contributed by atoms with Crippen molar-refractivity contribution in [2.75, 3.05) is 7.11 Å². The van der Waals surface area contributed by atoms with Crippen LogP contribution < -0.4 is 20.2 Å². The number of hydrogen-bond donors (Lipinski definition) is 2. The van der Waals surface area contributed by atoms with Crippen LogP contribution >= 0.6 is 39.1 Å². The Bertz CT molecular complexity index is 1280. The molecule has 0 heterocycles. The molecule has 0 saturated carbocycles. The van der Waals surface area contributed by atoms with Crippen LogP contribution in [0.1, 0.15) is 35.3 Å². The molecule has 0 aliphatic heterocycles. The van der Waals surface area contributed by atoms with Gasteiger partial charge in [0.15, 0.2) is 11.5 Å². The van der Waals surface area contributed by atoms with Gasteiger partial charge in [0.2, 0.25) is 0 Å². The van der Waals surface area contributed by atoms with E-state index < -0.39 is 11.9 Å². The van der Waals surface area contributed by atoms with E-state index in [1.165, 1.54) is 13.3 Å². The highest BCUT2D eigenvalue weighted by atomic mass is 79.9. The van der Waals surface area contributed by atoms with Gasteiger partial charge in [-0.05, 0) is 69.9 Å². The van der Waals surface area contributed by atoms with Crippen molar-refractivity contribution in [1.82, 2.24) is 10.7 Å². The predicted octanol–water partition coefficient (Wildman–Crippen LogP) is 6.25. The van der Waals surface area contributed by atoms with Gasteiger partial charge in [-0.3, -0.25) is 9.59 Å². The number of carbonyl (C=O) groups excluding carboxylic acids is 2. The maximum atomic E-state index is 12.8. The standard InChI is InChI=1S/C27H26BrCl2N3O4/c1-16(2)24(32-26(34)18-8-10-20(29)11-9-18)27(35)33-31-14-17-12-21(28)25(23(13-17)36-3)37-15-19-6-4-5-7-22(19)30/h4-14,16,24H,15H2,1-3H3,(H,32,34)(H,33,35). The number of ether oxygens (including phenoxy) is 2. The first kappa shape index (κ1) is 28.5. The van der Waals surface area contributed by atoms with Gasteiger partial charge in [0.1, 0.15) is 12.6 Å². The van der Waals surface area contributed by atoms with Gasteiger partial charge in [0, 0.05) is 21.2 Å². The van der Waals surface area contributed by atoms with Crippen LogP contribution in [0.4, 0.5) is 0 Å². The number of hydrazone groups is 1. The van der Waals surface area contributed by atoms with Crippen molar-refractivity contribution in [3.63, 3.8) is 0 Å². The summed E-state index contributed by atoms with van der Waals surface area (Å²) in [4.78, 5) is 25.3. The molecular weight excluding hydrogens is 581 g/mol. The fraction of sp³-hybridized carbons (Fsp3) is 0.222. The number of rotatable bonds is 10. The summed E-state index contributed by atoms with van der Waals surface area (Å²) in [7, 11) is 1.53. The minimum Gasteiger partial charge on any atom is -0.493 e. The van der Waals surface area contributed by atoms with E-state index in [0.717, 1.165) is 5.56 Å². The molecule has 0 spiro atoms. The molecule has 3 aromatic rings. The fourth-order valence-corrected chi connectivity index (χ4v) is 4.21. The average molecular weight is 607 g/mol. The van der Waals surface area contributed by atoms with Gasteiger partial charge in [0.25, 0.3) is 11.8 Å². The number of hydrogen-bond acceptors (Lipinski definition) is 5. The number of halogens is 3. The summed E-state index contributed by atoms with van der Waals surface area (Å²) in [5, 5.41) is 7.94. The molecule has 0 radical (unpaired) electrons. The first-order valence-corrected chi connectivity index (χ1v) is 12.9. The molecule has 7 nitrogen and oxygen atoms in total. The predicted molar refractivity (Wildman–Crippen MR) is 150 cm³/mol. The smallest absolute Gasteiger partial charge is 0.262 e. The highest BCUT2D eigenvalue weighted by Crippen LogP contribution is 2.37. The van der Waals surface area contributed by atoms with Gasteiger partial charge in [-0.15, -0.1) is 0 Å². The Balaban J connectivity index is 1.66. The van der Waals surface area contributed by atoms with Crippen LogP contribution in [-0.4, -0.2) is 31.2 Å². The molecule has 0 aromatic heterocycles. The molecule has 0 aliphatic rings. The van der Waals surface area contributed by atoms with Gasteiger partial charge in [-0.2, -0.15) is 5.10 Å². The van der Waals surface area contributed by atoms with E-state index in [1.54, 1.807) is 42.5 Å². The van der Waals surface area contributed by atoms with E-state index in [1.807, 2.05) is 32.0 Å². The normalized spacial score (nSPS) is 11.9. The van der Waals surface area contributed by atoms with E-state index in [0.29, 0.717) is 37.1 Å². The second kappa shape index (κ2) is 13.5. The molecule has 10 heteroatoms. The molecule has 1 unspecified atom stereocenters. The van der Waals surface area contributed by atoms with Crippen molar-refractivity contribution in [2.24, 2.45) is 11.0 Å². The minimum atomic E-state index is -0.790. The summed E-state index contributed by atoms with van der Waals surface area (Å²) < 4.78 is 12.1. The first-order chi connectivity index (χ1) is 17.7. The Morgan fingerprint density at radius 1 is 1.08 bits per heavy atom. The molecule has 3 rings (SSSR count). The Morgan fingerprint density at radius 3 is 2.43 bits per heavy atom. The lowest BCUT2D eigenvalue weighted by Crippen LogP contribution is -2.48. The van der Waals surface area contributed by atoms with Crippen LogP contribution in [-0.2, 0) is 11.4 Å². The summed E-state index contributed by atoms with van der Waals surface area (Å²) in [5.41, 5.74) is 4.39. The molecular formula is C27H26BrCl2N3O4. The van der Waals surface area contributed by atoms with Crippen molar-refractivity contribution in [1.29, 1.82) is 0 Å². The van der Waals surface area contributed by atoms with Crippen molar-refractivity contribution >= 4 is 57.2 Å². The molecule has 1 atom stereocenters. The zero-order chi connectivity index (χ0) is 26.9. The number of nitrogens with zero attached hydrogens (tertiary/aromatic N) is 1. The highest BCUT2D eigenvalue weighted by molar-refractivity contribution is 9.10. The summed E-state index contributed by atoms with van der Waals surface area (Å²) in [6, 6.07) is 16.6. The highest BCUT2D eigenvalue weighted by Gasteiger charge is 2.24. The Kier molecular flexibility index (Phi) is 10.4. The number of nitrogens with one attached hydrogen (secondary N) is 2. The molecule has 0 aliphatic carbocycles. The zero-order valence-corrected chi connectivity index (χ0v) is 23.5. The summed E-state index contributed by atoms with van der Waals surface area (Å²) in [6.45, 7) is 3.93. The molecule has 37 heavy (non-hydrogen) atoms. The zero-order valence-electron chi connectivity index (χ0n) is 20.4. The monoisotopic (exact) mass is 605 g/mol. The van der Waals surface area contributed by atoms with Crippen molar-refractivity contribution in [2.45, 2.75) is 26.5 Å². The Labute approximate surface area is 234 Å². The number of carbonyl (C=O) groups is 2. The third-order valence-electron chi connectivity index (χ3n) is 5.31. The third-order valence-corrected chi connectivity index (χ3v) is 6.52. The maximum absolute atomic E-state index is 12.8. The van der Waals surface area contributed by atoms with Crippen LogP contribution in [0.15, 0.2) is 70.2 Å². The van der Waals surface area contributed by atoms with Crippen LogP contribution in [0.3, 0.4) is 0 Å². The SMILES string of the molecule is COc1cc(C=NNC(=O)C(NC(=O)c2ccc(Cl)cc2)C(C)C)cc(Br)c1OCc1ccccc1Cl. The van der Waals surface area contributed by atoms with Crippen molar-refractivity contribution < 1.29 is 19.1 Å². The van der Waals surface area contributed by atoms with Crippen LogP contribution in [0.2, 0.25) is 10.0 Å². The van der Waals surface area contributed by atoms with E-state index in [4.69, 9.17) is 32.7 Å². The Morgan fingerprint density at radius 2 is 1.78 bits per heavy atom. The van der Waals surface area contributed by atoms with E-state index in [-0.39, 0.29) is 18.4 Å². The van der Waals surface area contributed by atoms with Gasteiger partial charge >= 0.3 is 0 Å². The lowest BCUT2D eigenvalue weighted by molar-refractivity contribution is -0.123. The quantitative estimate of drug-likeness (QED) is 0.211. The Hall–Kier alpha value is -3.07. The topological polar surface area (TPSA) is 89.0 Å². The van der Waals surface area contributed by atoms with E-state index >= 15 is 0 Å². The summed E-state index contributed by atoms with van der Waals surface area (Å²) in [5.74, 6) is -0.0112. The minimum absolute atomic E-state index is 0.171. The van der Waals surface area contributed by atoms with E-state index in [2.05, 4.69) is 31.8 Å². The average Bonchev–Trinajstić information content (AvgIpc) is 2.87. The largest absolute Gasteiger partial charge is 0.493 e. The van der Waals surface area contributed by atoms with Crippen LogP contribution in [0.25, 0.3) is 0 Å². The van der Waals surface area contributed by atoms with Crippen LogP contribution in [0.5, 0.6) is 11.5 Å². The number of amides is 2. The molecule has 0 fully saturated rings. The van der Waals surface area contributed by atoms with E-state index in [9.17, 15) is 9.59 Å². The van der Waals surface area contributed by atoms with Crippen LogP contribution in [0, 0.1) is 5.92 Å². The molecule has 0 saturated heterocycles. The lowest BCUT2D eigenvalue weighted by Gasteiger charge is -2.20. The second-order valence-electron chi connectivity index (χ2n) is 8.35. The number of methoxy groups -OCH3 is 1. The second-order valence-corrected chi connectivity index (χ2v) is 10.0. The summed E-state index contributed by atoms with van der Waals surface area (Å²) >= 11 is 15.6. The van der Waals surface area contributed by atoms with Gasteiger partial charge in [-0.1, -0.05) is 55.2 Å². The van der Waals surface area contributed by atoms with Gasteiger partial charge in [0.05, 0.1) is 17.8 Å². The molecule has 2 N–H and O–H groups in total. The molecule has 2 amide bonds. The molecule has 0 bridgehead atoms. The fourth-order valence-electron chi connectivity index (χ4n) is 3.32. The third kappa shape index (κ3) is 7.95. The summed E-state index contributed by atoms with van der Waals surface area (Å²) in [6.07, 6.45) is 1.47. The molecule has 194 valence electrons. The van der Waals surface area contributed by atoms with Gasteiger partial charge in [-0.25, -0.2) is 5.43 Å².